The predicted molar refractivity (Wildman–Crippen MR) is 149 cm³/mol. The van der Waals surface area contributed by atoms with Crippen LogP contribution in [0.3, 0.4) is 0 Å². The van der Waals surface area contributed by atoms with Gasteiger partial charge in [-0.2, -0.15) is 0 Å². The lowest BCUT2D eigenvalue weighted by Gasteiger charge is -2.39. The summed E-state index contributed by atoms with van der Waals surface area (Å²) in [7, 11) is 0. The van der Waals surface area contributed by atoms with Crippen molar-refractivity contribution in [3.63, 3.8) is 0 Å². The van der Waals surface area contributed by atoms with Crippen LogP contribution in [0.15, 0.2) is 122 Å². The van der Waals surface area contributed by atoms with E-state index in [0.29, 0.717) is 5.69 Å². The van der Waals surface area contributed by atoms with Crippen LogP contribution < -0.4 is 5.32 Å². The minimum absolute atomic E-state index is 0.0160. The van der Waals surface area contributed by atoms with Gasteiger partial charge in [0.1, 0.15) is 11.6 Å². The predicted octanol–water partition coefficient (Wildman–Crippen LogP) is 4.56. The minimum Gasteiger partial charge on any atom is -0.504 e. The van der Waals surface area contributed by atoms with Crippen molar-refractivity contribution in [1.82, 2.24) is 14.9 Å². The minimum atomic E-state index is -1.31. The second-order valence-electron chi connectivity index (χ2n) is 9.34. The van der Waals surface area contributed by atoms with E-state index in [-0.39, 0.29) is 17.7 Å². The molecule has 0 saturated heterocycles. The van der Waals surface area contributed by atoms with Gasteiger partial charge in [0.2, 0.25) is 0 Å². The summed E-state index contributed by atoms with van der Waals surface area (Å²) in [6.45, 7) is 0. The summed E-state index contributed by atoms with van der Waals surface area (Å²) in [6, 6.07) is 32.0. The van der Waals surface area contributed by atoms with Crippen molar-refractivity contribution in [2.75, 3.05) is 0 Å². The van der Waals surface area contributed by atoms with Gasteiger partial charge >= 0.3 is 5.97 Å². The first-order valence-corrected chi connectivity index (χ1v) is 12.6. The number of carboxylic acid groups (broad SMARTS) is 1. The van der Waals surface area contributed by atoms with Gasteiger partial charge < -0.3 is 25.2 Å². The van der Waals surface area contributed by atoms with Crippen molar-refractivity contribution in [1.29, 1.82) is 0 Å². The molecular weight excluding hydrogens is 506 g/mol. The molecule has 1 heterocycles. The maximum absolute atomic E-state index is 12.9. The molecule has 0 unspecified atom stereocenters. The second-order valence-corrected chi connectivity index (χ2v) is 9.34. The third-order valence-electron chi connectivity index (χ3n) is 6.91. The number of hydrogen-bond donors (Lipinski definition) is 4. The molecule has 8 nitrogen and oxygen atoms in total. The van der Waals surface area contributed by atoms with Gasteiger partial charge in [-0.15, -0.1) is 0 Å². The average Bonchev–Trinajstić information content (AvgIpc) is 3.44. The SMILES string of the molecule is O=C(N[C@@H](Cc1cncn1C(c1ccccc1)(c1ccccc1)c1ccccc1)C(=O)O)c1ccc(O)c(O)c1. The number of rotatable bonds is 9. The summed E-state index contributed by atoms with van der Waals surface area (Å²) in [5, 5.41) is 32.0. The number of nitrogens with one attached hydrogen (secondary N) is 1. The molecule has 0 spiro atoms. The van der Waals surface area contributed by atoms with Gasteiger partial charge in [0, 0.05) is 23.9 Å². The molecule has 0 bridgehead atoms. The number of phenolic OH excluding ortho intramolecular Hbond substituents is 2. The van der Waals surface area contributed by atoms with Crippen LogP contribution in [0, 0.1) is 0 Å². The normalized spacial score (nSPS) is 12.0. The van der Waals surface area contributed by atoms with E-state index in [1.807, 2.05) is 95.6 Å². The largest absolute Gasteiger partial charge is 0.504 e. The quantitative estimate of drug-likeness (QED) is 0.163. The average molecular weight is 534 g/mol. The Bertz CT molecular complexity index is 1520. The van der Waals surface area contributed by atoms with Crippen LogP contribution in [-0.4, -0.2) is 42.8 Å². The molecule has 5 aromatic rings. The fourth-order valence-electron chi connectivity index (χ4n) is 5.05. The Balaban J connectivity index is 1.62. The van der Waals surface area contributed by atoms with E-state index in [1.165, 1.54) is 12.1 Å². The van der Waals surface area contributed by atoms with Gasteiger partial charge in [-0.3, -0.25) is 4.79 Å². The van der Waals surface area contributed by atoms with Crippen molar-refractivity contribution in [2.45, 2.75) is 18.0 Å². The molecule has 200 valence electrons. The van der Waals surface area contributed by atoms with Crippen LogP contribution in [0.4, 0.5) is 0 Å². The number of imidazole rings is 1. The molecular formula is C32H27N3O5. The van der Waals surface area contributed by atoms with Gasteiger partial charge in [-0.05, 0) is 34.9 Å². The number of nitrogens with zero attached hydrogens (tertiary/aromatic N) is 2. The molecule has 0 fully saturated rings. The third-order valence-corrected chi connectivity index (χ3v) is 6.91. The van der Waals surface area contributed by atoms with Crippen LogP contribution in [0.5, 0.6) is 11.5 Å². The number of amides is 1. The van der Waals surface area contributed by atoms with Gasteiger partial charge in [0.25, 0.3) is 5.91 Å². The highest BCUT2D eigenvalue weighted by molar-refractivity contribution is 5.97. The Morgan fingerprint density at radius 3 is 1.77 bits per heavy atom. The van der Waals surface area contributed by atoms with E-state index in [9.17, 15) is 24.9 Å². The van der Waals surface area contributed by atoms with Crippen molar-refractivity contribution in [3.8, 4) is 11.5 Å². The number of carbonyl (C=O) groups is 2. The molecule has 40 heavy (non-hydrogen) atoms. The highest BCUT2D eigenvalue weighted by Gasteiger charge is 2.40. The van der Waals surface area contributed by atoms with Crippen molar-refractivity contribution >= 4 is 11.9 Å². The summed E-state index contributed by atoms with van der Waals surface area (Å²) in [5.74, 6) is -2.78. The molecule has 0 radical (unpaired) electrons. The Kier molecular flexibility index (Phi) is 7.33. The van der Waals surface area contributed by atoms with Gasteiger partial charge in [-0.25, -0.2) is 9.78 Å². The first kappa shape index (κ1) is 26.2. The Hall–Kier alpha value is -5.37. The summed E-state index contributed by atoms with van der Waals surface area (Å²) in [6.07, 6.45) is 3.22. The smallest absolute Gasteiger partial charge is 0.326 e. The van der Waals surface area contributed by atoms with Crippen LogP contribution in [0.1, 0.15) is 32.7 Å². The lowest BCUT2D eigenvalue weighted by atomic mass is 9.76. The first-order valence-electron chi connectivity index (χ1n) is 12.6. The second kappa shape index (κ2) is 11.2. The lowest BCUT2D eigenvalue weighted by molar-refractivity contribution is -0.139. The molecule has 5 rings (SSSR count). The number of benzene rings is 4. The molecule has 4 N–H and O–H groups in total. The molecule has 0 saturated carbocycles. The number of aromatic hydroxyl groups is 2. The van der Waals surface area contributed by atoms with Gasteiger partial charge in [-0.1, -0.05) is 91.0 Å². The van der Waals surface area contributed by atoms with Crippen molar-refractivity contribution in [2.24, 2.45) is 0 Å². The Labute approximate surface area is 230 Å². The van der Waals surface area contributed by atoms with Crippen molar-refractivity contribution < 1.29 is 24.9 Å². The molecule has 0 aliphatic rings. The van der Waals surface area contributed by atoms with E-state index in [0.717, 1.165) is 22.8 Å². The number of phenols is 2. The zero-order valence-corrected chi connectivity index (χ0v) is 21.4. The summed E-state index contributed by atoms with van der Waals surface area (Å²) >= 11 is 0. The highest BCUT2D eigenvalue weighted by Crippen LogP contribution is 2.41. The molecule has 0 aliphatic heterocycles. The number of aromatic nitrogens is 2. The number of carboxylic acids is 1. The van der Waals surface area contributed by atoms with E-state index in [2.05, 4.69) is 10.3 Å². The zero-order chi connectivity index (χ0) is 28.1. The van der Waals surface area contributed by atoms with Crippen LogP contribution in [0.25, 0.3) is 0 Å². The summed E-state index contributed by atoms with van der Waals surface area (Å²) in [4.78, 5) is 29.7. The zero-order valence-electron chi connectivity index (χ0n) is 21.4. The van der Waals surface area contributed by atoms with Crippen LogP contribution in [0.2, 0.25) is 0 Å². The maximum Gasteiger partial charge on any atom is 0.326 e. The maximum atomic E-state index is 12.9. The Morgan fingerprint density at radius 2 is 1.30 bits per heavy atom. The molecule has 4 aromatic carbocycles. The fourth-order valence-corrected chi connectivity index (χ4v) is 5.05. The van der Waals surface area contributed by atoms with Crippen LogP contribution in [-0.2, 0) is 16.8 Å². The first-order chi connectivity index (χ1) is 19.4. The fraction of sp³-hybridized carbons (Fsp3) is 0.0938. The van der Waals surface area contributed by atoms with E-state index < -0.39 is 29.2 Å². The third kappa shape index (κ3) is 4.90. The monoisotopic (exact) mass is 533 g/mol. The van der Waals surface area contributed by atoms with E-state index in [1.54, 1.807) is 12.5 Å². The standard InChI is InChI=1S/C32H27N3O5/c36-28-17-16-22(18-29(28)37)30(38)34-27(31(39)40)19-26-20-33-21-35(26)32(23-10-4-1-5-11-23,24-12-6-2-7-13-24)25-14-8-3-9-15-25/h1-18,20-21,27,36-37H,19H2,(H,34,38)(H,39,40)/t27-/m0/s1. The number of aliphatic carboxylic acids is 1. The van der Waals surface area contributed by atoms with Crippen molar-refractivity contribution in [3.05, 3.63) is 150 Å². The van der Waals surface area contributed by atoms with Gasteiger partial charge in [0.15, 0.2) is 11.5 Å². The number of hydrogen-bond acceptors (Lipinski definition) is 5. The van der Waals surface area contributed by atoms with Gasteiger partial charge in [0.05, 0.1) is 6.33 Å². The molecule has 1 atom stereocenters. The van der Waals surface area contributed by atoms with E-state index in [4.69, 9.17) is 0 Å². The highest BCUT2D eigenvalue weighted by atomic mass is 16.4. The Morgan fingerprint density at radius 1 is 0.775 bits per heavy atom. The molecule has 1 amide bonds. The lowest BCUT2D eigenvalue weighted by Crippen LogP contribution is -2.44. The molecule has 8 heteroatoms. The molecule has 0 aliphatic carbocycles. The summed E-state index contributed by atoms with van der Waals surface area (Å²) in [5.41, 5.74) is 2.54. The summed E-state index contributed by atoms with van der Waals surface area (Å²) < 4.78 is 1.96. The number of carbonyl (C=O) groups excluding carboxylic acids is 1. The van der Waals surface area contributed by atoms with Crippen LogP contribution >= 0.6 is 0 Å². The topological polar surface area (TPSA) is 125 Å². The molecule has 1 aromatic heterocycles. The van der Waals surface area contributed by atoms with E-state index >= 15 is 0 Å².